The highest BCUT2D eigenvalue weighted by atomic mass is 35.5. The van der Waals surface area contributed by atoms with E-state index in [2.05, 4.69) is 25.3 Å². The van der Waals surface area contributed by atoms with Gasteiger partial charge in [-0.25, -0.2) is 9.97 Å². The van der Waals surface area contributed by atoms with E-state index in [1.807, 2.05) is 43.0 Å². The Labute approximate surface area is 329 Å². The average Bonchev–Trinajstić information content (AvgIpc) is 3.64. The van der Waals surface area contributed by atoms with Gasteiger partial charge >= 0.3 is 6.18 Å². The van der Waals surface area contributed by atoms with Gasteiger partial charge in [0.2, 0.25) is 11.7 Å². The number of aromatic hydroxyl groups is 1. The number of aryl methyl sites for hydroxylation is 1. The maximum absolute atomic E-state index is 14.4. The fourth-order valence-corrected chi connectivity index (χ4v) is 7.36. The van der Waals surface area contributed by atoms with Crippen LogP contribution in [0.25, 0.3) is 17.2 Å². The number of nitrogens with zero attached hydrogens (tertiary/aromatic N) is 9. The van der Waals surface area contributed by atoms with Crippen LogP contribution in [0.4, 0.5) is 24.5 Å². The van der Waals surface area contributed by atoms with Crippen molar-refractivity contribution in [2.75, 3.05) is 56.1 Å². The van der Waals surface area contributed by atoms with Crippen LogP contribution in [0.5, 0.6) is 5.75 Å². The summed E-state index contributed by atoms with van der Waals surface area (Å²) < 4.78 is 48.2. The van der Waals surface area contributed by atoms with Gasteiger partial charge < -0.3 is 29.5 Å². The molecular formula is C38H40ClF3N10O5. The highest BCUT2D eigenvalue weighted by Gasteiger charge is 2.32. The van der Waals surface area contributed by atoms with E-state index in [-0.39, 0.29) is 83.8 Å². The van der Waals surface area contributed by atoms with Crippen LogP contribution in [0.15, 0.2) is 53.6 Å². The number of halogens is 4. The molecule has 19 heteroatoms. The summed E-state index contributed by atoms with van der Waals surface area (Å²) in [5, 5.41) is 17.3. The molecule has 3 aromatic heterocycles. The minimum absolute atomic E-state index is 0.0236. The molecule has 2 amide bonds. The summed E-state index contributed by atoms with van der Waals surface area (Å²) in [7, 11) is 0. The van der Waals surface area contributed by atoms with E-state index in [9.17, 15) is 32.7 Å². The number of fused-ring (bicyclic) bond motifs is 1. The predicted octanol–water partition coefficient (Wildman–Crippen LogP) is 4.42. The molecule has 0 unspecified atom stereocenters. The zero-order valence-electron chi connectivity index (χ0n) is 31.4. The lowest BCUT2D eigenvalue weighted by Gasteiger charge is -2.36. The fourth-order valence-electron chi connectivity index (χ4n) is 7.14. The summed E-state index contributed by atoms with van der Waals surface area (Å²) in [6, 6.07) is 10.3. The molecule has 2 aliphatic heterocycles. The molecular weight excluding hydrogens is 769 g/mol. The first-order chi connectivity index (χ1) is 27.2. The van der Waals surface area contributed by atoms with Crippen LogP contribution in [0.1, 0.15) is 46.9 Å². The fraction of sp³-hybridized carbons (Fsp3) is 0.395. The van der Waals surface area contributed by atoms with Crippen LogP contribution < -0.4 is 15.8 Å². The van der Waals surface area contributed by atoms with E-state index >= 15 is 0 Å². The molecule has 2 N–H and O–H groups in total. The monoisotopic (exact) mass is 808 g/mol. The molecule has 57 heavy (non-hydrogen) atoms. The first kappa shape index (κ1) is 39.6. The van der Waals surface area contributed by atoms with Crippen LogP contribution in [0.2, 0.25) is 5.02 Å². The molecule has 5 aromatic rings. The Morgan fingerprint density at radius 2 is 1.79 bits per heavy atom. The van der Waals surface area contributed by atoms with Crippen molar-refractivity contribution in [3.8, 4) is 17.1 Å². The van der Waals surface area contributed by atoms with E-state index in [1.165, 1.54) is 11.2 Å². The van der Waals surface area contributed by atoms with Gasteiger partial charge in [-0.05, 0) is 44.0 Å². The van der Waals surface area contributed by atoms with Crippen molar-refractivity contribution >= 4 is 40.6 Å². The molecule has 2 aromatic carbocycles. The lowest BCUT2D eigenvalue weighted by Crippen LogP contribution is -2.51. The number of benzene rings is 2. The van der Waals surface area contributed by atoms with E-state index in [4.69, 9.17) is 21.3 Å². The van der Waals surface area contributed by atoms with E-state index in [0.29, 0.717) is 17.9 Å². The summed E-state index contributed by atoms with van der Waals surface area (Å²) in [6.45, 7) is 8.90. The van der Waals surface area contributed by atoms with Crippen LogP contribution in [-0.2, 0) is 35.2 Å². The Morgan fingerprint density at radius 1 is 1.05 bits per heavy atom. The molecule has 300 valence electrons. The number of anilines is 2. The molecule has 0 aliphatic carbocycles. The van der Waals surface area contributed by atoms with Crippen LogP contribution in [-0.4, -0.2) is 108 Å². The summed E-state index contributed by atoms with van der Waals surface area (Å²) in [6.07, 6.45) is -2.99. The zero-order chi connectivity index (χ0) is 40.6. The number of amides is 2. The van der Waals surface area contributed by atoms with Crippen molar-refractivity contribution in [1.29, 1.82) is 0 Å². The molecule has 15 nitrogen and oxygen atoms in total. The molecule has 7 rings (SSSR count). The second-order valence-corrected chi connectivity index (χ2v) is 14.4. The van der Waals surface area contributed by atoms with Gasteiger partial charge in [0.1, 0.15) is 18.6 Å². The van der Waals surface area contributed by atoms with E-state index in [0.717, 1.165) is 47.9 Å². The summed E-state index contributed by atoms with van der Waals surface area (Å²) in [4.78, 5) is 59.7. The Bertz CT molecular complexity index is 2380. The second-order valence-electron chi connectivity index (χ2n) is 14.0. The number of nitrogens with one attached hydrogen (secondary N) is 1. The number of piperazine rings is 1. The third-order valence-electron chi connectivity index (χ3n) is 10.1. The number of rotatable bonds is 9. The molecule has 0 radical (unpaired) electrons. The van der Waals surface area contributed by atoms with Crippen molar-refractivity contribution < 1.29 is 32.6 Å². The largest absolute Gasteiger partial charge is 0.504 e. The van der Waals surface area contributed by atoms with Crippen molar-refractivity contribution in [2.24, 2.45) is 0 Å². The Hall–Kier alpha value is -5.59. The zero-order valence-corrected chi connectivity index (χ0v) is 32.1. The number of aromatic nitrogens is 6. The first-order valence-electron chi connectivity index (χ1n) is 18.4. The molecule has 0 saturated carbocycles. The third kappa shape index (κ3) is 8.29. The van der Waals surface area contributed by atoms with Crippen LogP contribution in [0, 0.1) is 6.92 Å². The molecule has 5 heterocycles. The molecule has 1 atom stereocenters. The minimum Gasteiger partial charge on any atom is -0.504 e. The molecule has 0 spiro atoms. The summed E-state index contributed by atoms with van der Waals surface area (Å²) >= 11 is 6.16. The Kier molecular flexibility index (Phi) is 11.2. The molecule has 0 bridgehead atoms. The SMILES string of the molecule is CCc1c(N2CCN(C(=O)c3ncnc(C)c3O)CC2)c(=O)n2nc(-c3ccc(CN4CCO[C@@H](C)C4)cc3)nc2n1CC(=O)Nc1ccc(C(F)(F)F)cc1Cl. The number of carbonyl (C=O) groups is 2. The molecule has 2 saturated heterocycles. The molecule has 2 aliphatic rings. The quantitative estimate of drug-likeness (QED) is 0.217. The van der Waals surface area contributed by atoms with Crippen LogP contribution in [0.3, 0.4) is 0 Å². The summed E-state index contributed by atoms with van der Waals surface area (Å²) in [5.41, 5.74) is 1.11. The van der Waals surface area contributed by atoms with Gasteiger partial charge in [0.25, 0.3) is 11.5 Å². The average molecular weight is 809 g/mol. The number of morpholine rings is 1. The maximum Gasteiger partial charge on any atom is 0.416 e. The number of carbonyl (C=O) groups excluding carboxylic acids is 2. The Morgan fingerprint density at radius 3 is 2.46 bits per heavy atom. The van der Waals surface area contributed by atoms with Gasteiger partial charge in [-0.3, -0.25) is 19.3 Å². The number of hydrogen-bond donors (Lipinski definition) is 2. The lowest BCUT2D eigenvalue weighted by atomic mass is 10.1. The minimum atomic E-state index is -4.62. The highest BCUT2D eigenvalue weighted by molar-refractivity contribution is 6.33. The van der Waals surface area contributed by atoms with Crippen molar-refractivity contribution in [2.45, 2.75) is 52.6 Å². The highest BCUT2D eigenvalue weighted by Crippen LogP contribution is 2.34. The standard InChI is InChI=1S/C38H40ClF3N10O5/c1-4-29-32(49-11-13-50(14-12-49)35(55)31-33(54)23(3)43-21-44-31)36(56)52-37(51(29)20-30(53)45-28-10-9-26(17-27(28)39)38(40,41)42)46-34(47-52)25-7-5-24(6-8-25)19-48-15-16-57-22(2)18-48/h5-10,17,21-22,54H,4,11-16,18-20H2,1-3H3,(H,45,53)/t22-/m0/s1. The van der Waals surface area contributed by atoms with E-state index < -0.39 is 35.7 Å². The number of ether oxygens (including phenoxy) is 1. The van der Waals surface area contributed by atoms with Gasteiger partial charge in [0, 0.05) is 51.4 Å². The van der Waals surface area contributed by atoms with Gasteiger partial charge in [-0.15, -0.1) is 5.10 Å². The molecule has 2 fully saturated rings. The van der Waals surface area contributed by atoms with Gasteiger partial charge in [0.05, 0.1) is 40.4 Å². The Balaban J connectivity index is 1.22. The second kappa shape index (κ2) is 16.1. The van der Waals surface area contributed by atoms with Gasteiger partial charge in [0.15, 0.2) is 17.3 Å². The number of alkyl halides is 3. The summed E-state index contributed by atoms with van der Waals surface area (Å²) in [5.74, 6) is -1.09. The van der Waals surface area contributed by atoms with E-state index in [1.54, 1.807) is 11.5 Å². The topological polar surface area (TPSA) is 163 Å². The third-order valence-corrected chi connectivity index (χ3v) is 10.4. The van der Waals surface area contributed by atoms with Gasteiger partial charge in [-0.2, -0.15) is 22.7 Å². The van der Waals surface area contributed by atoms with Crippen molar-refractivity contribution in [1.82, 2.24) is 38.9 Å². The number of hydrogen-bond acceptors (Lipinski definition) is 11. The van der Waals surface area contributed by atoms with Crippen molar-refractivity contribution in [3.05, 3.63) is 92.4 Å². The maximum atomic E-state index is 14.4. The van der Waals surface area contributed by atoms with Crippen molar-refractivity contribution in [3.63, 3.8) is 0 Å². The normalized spacial score (nSPS) is 16.6. The lowest BCUT2D eigenvalue weighted by molar-refractivity contribution is -0.137. The van der Waals surface area contributed by atoms with Crippen LogP contribution >= 0.6 is 11.6 Å². The predicted molar refractivity (Wildman–Crippen MR) is 204 cm³/mol. The van der Waals surface area contributed by atoms with Gasteiger partial charge in [-0.1, -0.05) is 42.8 Å². The first-order valence-corrected chi connectivity index (χ1v) is 18.8. The smallest absolute Gasteiger partial charge is 0.416 e.